The van der Waals surface area contributed by atoms with E-state index >= 15 is 0 Å². The molecule has 1 aromatic carbocycles. The summed E-state index contributed by atoms with van der Waals surface area (Å²) in [6.07, 6.45) is 0.318. The van der Waals surface area contributed by atoms with Crippen LogP contribution in [-0.4, -0.2) is 54.9 Å². The molecule has 0 unspecified atom stereocenters. The summed E-state index contributed by atoms with van der Waals surface area (Å²) in [5, 5.41) is 7.76. The summed E-state index contributed by atoms with van der Waals surface area (Å²) in [5.74, 6) is -0.819. The van der Waals surface area contributed by atoms with Gasteiger partial charge in [-0.25, -0.2) is 4.79 Å². The minimum atomic E-state index is -1.24. The molecule has 1 aliphatic rings. The van der Waals surface area contributed by atoms with E-state index in [-0.39, 0.29) is 18.5 Å². The van der Waals surface area contributed by atoms with Crippen molar-refractivity contribution in [2.45, 2.75) is 38.8 Å². The monoisotopic (exact) mass is 390 g/mol. The molecule has 152 valence electrons. The Labute approximate surface area is 163 Å². The number of ether oxygens (including phenoxy) is 1. The van der Waals surface area contributed by atoms with E-state index in [0.717, 1.165) is 4.90 Å². The van der Waals surface area contributed by atoms with Gasteiger partial charge in [-0.15, -0.1) is 0 Å². The molecule has 1 fully saturated rings. The van der Waals surface area contributed by atoms with Gasteiger partial charge in [0.25, 0.3) is 5.91 Å². The number of rotatable bonds is 8. The standard InChI is InChI=1S/C19H26N4O5/c1-5-19(13-6-8-14(28-4)9-7-13)17(26)23(18(27)22-19)11-16(25)20-10-15(24)21-12(2)3/h6-9,12H,5,10-11H2,1-4H3,(H,20,25)(H,21,24)(H,22,27)/t19-/m0/s1. The summed E-state index contributed by atoms with van der Waals surface area (Å²) in [6, 6.07) is 6.12. The average molecular weight is 390 g/mol. The van der Waals surface area contributed by atoms with Crippen LogP contribution >= 0.6 is 0 Å². The number of urea groups is 1. The fourth-order valence-electron chi connectivity index (χ4n) is 3.04. The number of methoxy groups -OCH3 is 1. The molecule has 0 spiro atoms. The van der Waals surface area contributed by atoms with Gasteiger partial charge < -0.3 is 20.7 Å². The second-order valence-electron chi connectivity index (χ2n) is 6.81. The summed E-state index contributed by atoms with van der Waals surface area (Å²) >= 11 is 0. The highest BCUT2D eigenvalue weighted by Crippen LogP contribution is 2.33. The molecule has 0 bridgehead atoms. The predicted octanol–water partition coefficient (Wildman–Crippen LogP) is 0.493. The Balaban J connectivity index is 2.08. The van der Waals surface area contributed by atoms with Crippen molar-refractivity contribution in [3.8, 4) is 5.75 Å². The average Bonchev–Trinajstić information content (AvgIpc) is 2.91. The van der Waals surface area contributed by atoms with Crippen LogP contribution in [0.2, 0.25) is 0 Å². The largest absolute Gasteiger partial charge is 0.497 e. The van der Waals surface area contributed by atoms with Crippen molar-refractivity contribution in [2.24, 2.45) is 0 Å². The van der Waals surface area contributed by atoms with E-state index in [4.69, 9.17) is 4.74 Å². The molecule has 1 heterocycles. The van der Waals surface area contributed by atoms with Gasteiger partial charge in [-0.1, -0.05) is 19.1 Å². The van der Waals surface area contributed by atoms with E-state index in [2.05, 4.69) is 16.0 Å². The third kappa shape index (κ3) is 4.41. The van der Waals surface area contributed by atoms with Crippen LogP contribution < -0.4 is 20.7 Å². The van der Waals surface area contributed by atoms with Crippen LogP contribution in [0, 0.1) is 0 Å². The number of hydrogen-bond acceptors (Lipinski definition) is 5. The van der Waals surface area contributed by atoms with Crippen LogP contribution in [-0.2, 0) is 19.9 Å². The van der Waals surface area contributed by atoms with Crippen LogP contribution in [0.5, 0.6) is 5.75 Å². The maximum Gasteiger partial charge on any atom is 0.325 e. The highest BCUT2D eigenvalue weighted by molar-refractivity contribution is 6.09. The molecule has 2 rings (SSSR count). The van der Waals surface area contributed by atoms with Crippen LogP contribution in [0.3, 0.4) is 0 Å². The fourth-order valence-corrected chi connectivity index (χ4v) is 3.04. The minimum absolute atomic E-state index is 0.0509. The number of hydrogen-bond donors (Lipinski definition) is 3. The van der Waals surface area contributed by atoms with Crippen molar-refractivity contribution in [3.05, 3.63) is 29.8 Å². The first-order valence-electron chi connectivity index (χ1n) is 9.08. The molecule has 1 atom stereocenters. The zero-order valence-corrected chi connectivity index (χ0v) is 16.5. The number of carbonyl (C=O) groups excluding carboxylic acids is 4. The van der Waals surface area contributed by atoms with E-state index in [9.17, 15) is 19.2 Å². The Hall–Kier alpha value is -3.10. The van der Waals surface area contributed by atoms with Gasteiger partial charge in [0.2, 0.25) is 11.8 Å². The Bertz CT molecular complexity index is 762. The molecule has 28 heavy (non-hydrogen) atoms. The number of imide groups is 1. The molecule has 1 saturated heterocycles. The Morgan fingerprint density at radius 3 is 2.36 bits per heavy atom. The van der Waals surface area contributed by atoms with Crippen LogP contribution in [0.15, 0.2) is 24.3 Å². The van der Waals surface area contributed by atoms with E-state index < -0.39 is 29.9 Å². The number of benzene rings is 1. The lowest BCUT2D eigenvalue weighted by molar-refractivity contribution is -0.135. The molecule has 9 heteroatoms. The second kappa shape index (κ2) is 8.73. The summed E-state index contributed by atoms with van der Waals surface area (Å²) in [4.78, 5) is 50.0. The Morgan fingerprint density at radius 2 is 1.82 bits per heavy atom. The van der Waals surface area contributed by atoms with Crippen molar-refractivity contribution in [2.75, 3.05) is 20.2 Å². The molecule has 9 nitrogen and oxygen atoms in total. The molecule has 1 aliphatic heterocycles. The highest BCUT2D eigenvalue weighted by atomic mass is 16.5. The van der Waals surface area contributed by atoms with Crippen molar-refractivity contribution in [1.82, 2.24) is 20.9 Å². The van der Waals surface area contributed by atoms with Crippen molar-refractivity contribution in [1.29, 1.82) is 0 Å². The predicted molar refractivity (Wildman–Crippen MR) is 101 cm³/mol. The topological polar surface area (TPSA) is 117 Å². The van der Waals surface area contributed by atoms with E-state index in [0.29, 0.717) is 17.7 Å². The van der Waals surface area contributed by atoms with Gasteiger partial charge in [-0.3, -0.25) is 19.3 Å². The first-order chi connectivity index (χ1) is 13.2. The van der Waals surface area contributed by atoms with Gasteiger partial charge in [0.1, 0.15) is 17.8 Å². The normalized spacial score (nSPS) is 18.8. The molecular weight excluding hydrogens is 364 g/mol. The summed E-state index contributed by atoms with van der Waals surface area (Å²) in [5.41, 5.74) is -0.632. The SMILES string of the molecule is CC[C@@]1(c2ccc(OC)cc2)NC(=O)N(CC(=O)NCC(=O)NC(C)C)C1=O. The number of nitrogens with zero attached hydrogens (tertiary/aromatic N) is 1. The Kier molecular flexibility index (Phi) is 6.61. The Morgan fingerprint density at radius 1 is 1.18 bits per heavy atom. The molecule has 3 N–H and O–H groups in total. The summed E-state index contributed by atoms with van der Waals surface area (Å²) in [7, 11) is 1.54. The van der Waals surface area contributed by atoms with E-state index in [1.165, 1.54) is 7.11 Å². The molecule has 0 aromatic heterocycles. The minimum Gasteiger partial charge on any atom is -0.497 e. The molecule has 0 radical (unpaired) electrons. The van der Waals surface area contributed by atoms with Crippen molar-refractivity contribution in [3.63, 3.8) is 0 Å². The molecular formula is C19H26N4O5. The lowest BCUT2D eigenvalue weighted by Gasteiger charge is -2.26. The second-order valence-corrected chi connectivity index (χ2v) is 6.81. The lowest BCUT2D eigenvalue weighted by atomic mass is 9.87. The highest BCUT2D eigenvalue weighted by Gasteiger charge is 2.51. The fraction of sp³-hybridized carbons (Fsp3) is 0.474. The number of nitrogens with one attached hydrogen (secondary N) is 3. The van der Waals surface area contributed by atoms with Crippen LogP contribution in [0.25, 0.3) is 0 Å². The molecule has 1 aromatic rings. The van der Waals surface area contributed by atoms with Crippen molar-refractivity contribution >= 4 is 23.8 Å². The van der Waals surface area contributed by atoms with E-state index in [1.54, 1.807) is 45.0 Å². The van der Waals surface area contributed by atoms with Gasteiger partial charge in [-0.05, 0) is 38.0 Å². The molecule has 0 aliphatic carbocycles. The van der Waals surface area contributed by atoms with Gasteiger partial charge in [-0.2, -0.15) is 0 Å². The third-order valence-electron chi connectivity index (χ3n) is 4.49. The summed E-state index contributed by atoms with van der Waals surface area (Å²) in [6.45, 7) is 4.70. The maximum atomic E-state index is 13.0. The lowest BCUT2D eigenvalue weighted by Crippen LogP contribution is -2.46. The van der Waals surface area contributed by atoms with Crippen molar-refractivity contribution < 1.29 is 23.9 Å². The number of carbonyl (C=O) groups is 4. The molecule has 0 saturated carbocycles. The third-order valence-corrected chi connectivity index (χ3v) is 4.49. The van der Waals surface area contributed by atoms with Gasteiger partial charge in [0.15, 0.2) is 0 Å². The number of amides is 5. The van der Waals surface area contributed by atoms with Crippen LogP contribution in [0.4, 0.5) is 4.79 Å². The summed E-state index contributed by atoms with van der Waals surface area (Å²) < 4.78 is 5.12. The first kappa shape index (κ1) is 21.2. The van der Waals surface area contributed by atoms with Crippen LogP contribution in [0.1, 0.15) is 32.8 Å². The van der Waals surface area contributed by atoms with Gasteiger partial charge >= 0.3 is 6.03 Å². The molecule has 5 amide bonds. The smallest absolute Gasteiger partial charge is 0.325 e. The van der Waals surface area contributed by atoms with E-state index in [1.807, 2.05) is 0 Å². The first-order valence-corrected chi connectivity index (χ1v) is 9.08. The quantitative estimate of drug-likeness (QED) is 0.559. The zero-order valence-electron chi connectivity index (χ0n) is 16.5. The van der Waals surface area contributed by atoms with Gasteiger partial charge in [0.05, 0.1) is 13.7 Å². The maximum absolute atomic E-state index is 13.0. The van der Waals surface area contributed by atoms with Gasteiger partial charge in [0, 0.05) is 6.04 Å². The zero-order chi connectivity index (χ0) is 20.9.